The minimum Gasteiger partial charge on any atom is -0.316 e. The van der Waals surface area contributed by atoms with E-state index in [1.807, 2.05) is 0 Å². The van der Waals surface area contributed by atoms with Gasteiger partial charge in [0.1, 0.15) is 5.82 Å². The zero-order valence-electron chi connectivity index (χ0n) is 16.7. The SMILES string of the molecule is CNCc1cc(-c2ccccc2F)n(S(=O)(=O)c2cccc(NS(=O)(=O)C3CC3)c2)c1. The van der Waals surface area contributed by atoms with E-state index in [1.165, 1.54) is 48.7 Å². The first-order chi connectivity index (χ1) is 14.7. The number of benzene rings is 2. The normalized spacial score (nSPS) is 14.5. The third-order valence-corrected chi connectivity index (χ3v) is 8.53. The van der Waals surface area contributed by atoms with Gasteiger partial charge < -0.3 is 5.32 Å². The van der Waals surface area contributed by atoms with Crippen molar-refractivity contribution in [2.75, 3.05) is 11.8 Å². The summed E-state index contributed by atoms with van der Waals surface area (Å²) in [5.74, 6) is -0.543. The van der Waals surface area contributed by atoms with E-state index in [4.69, 9.17) is 0 Å². The maximum atomic E-state index is 14.5. The number of nitrogens with one attached hydrogen (secondary N) is 2. The molecule has 4 rings (SSSR count). The Balaban J connectivity index is 1.79. The quantitative estimate of drug-likeness (QED) is 0.535. The number of rotatable bonds is 8. The van der Waals surface area contributed by atoms with E-state index in [-0.39, 0.29) is 21.8 Å². The molecule has 2 N–H and O–H groups in total. The van der Waals surface area contributed by atoms with Crippen LogP contribution in [0.5, 0.6) is 0 Å². The molecule has 10 heteroatoms. The number of aromatic nitrogens is 1. The fraction of sp³-hybridized carbons (Fsp3) is 0.238. The van der Waals surface area contributed by atoms with Crippen molar-refractivity contribution in [3.05, 3.63) is 72.2 Å². The van der Waals surface area contributed by atoms with Crippen molar-refractivity contribution >= 4 is 25.7 Å². The molecule has 0 aliphatic heterocycles. The summed E-state index contributed by atoms with van der Waals surface area (Å²) in [6.07, 6.45) is 2.63. The molecule has 0 atom stereocenters. The first-order valence-electron chi connectivity index (χ1n) is 9.70. The van der Waals surface area contributed by atoms with Crippen LogP contribution in [0.2, 0.25) is 0 Å². The Kier molecular flexibility index (Phi) is 5.63. The number of anilines is 1. The van der Waals surface area contributed by atoms with Crippen molar-refractivity contribution in [1.29, 1.82) is 0 Å². The lowest BCUT2D eigenvalue weighted by molar-refractivity contribution is 0.587. The first-order valence-corrected chi connectivity index (χ1v) is 12.7. The van der Waals surface area contributed by atoms with Gasteiger partial charge in [-0.3, -0.25) is 4.72 Å². The highest BCUT2D eigenvalue weighted by atomic mass is 32.2. The van der Waals surface area contributed by atoms with Gasteiger partial charge in [0.05, 0.1) is 15.8 Å². The molecule has 0 bridgehead atoms. The van der Waals surface area contributed by atoms with Gasteiger partial charge in [-0.1, -0.05) is 18.2 Å². The summed E-state index contributed by atoms with van der Waals surface area (Å²) >= 11 is 0. The molecule has 3 aromatic rings. The van der Waals surface area contributed by atoms with Crippen LogP contribution in [0.15, 0.2) is 65.7 Å². The number of hydrogen-bond acceptors (Lipinski definition) is 5. The van der Waals surface area contributed by atoms with E-state index >= 15 is 0 Å². The molecule has 1 heterocycles. The van der Waals surface area contributed by atoms with E-state index < -0.39 is 31.1 Å². The first kappa shape index (κ1) is 21.5. The van der Waals surface area contributed by atoms with Crippen LogP contribution in [-0.4, -0.2) is 33.1 Å². The number of sulfonamides is 1. The Hall–Kier alpha value is -2.69. The molecule has 2 aromatic carbocycles. The van der Waals surface area contributed by atoms with Gasteiger partial charge in [0.2, 0.25) is 10.0 Å². The fourth-order valence-corrected chi connectivity index (χ4v) is 6.14. The van der Waals surface area contributed by atoms with Crippen LogP contribution < -0.4 is 10.0 Å². The molecule has 0 radical (unpaired) electrons. The van der Waals surface area contributed by atoms with Crippen molar-refractivity contribution in [2.24, 2.45) is 0 Å². The Labute approximate surface area is 181 Å². The molecule has 1 saturated carbocycles. The molecule has 1 aliphatic carbocycles. The molecule has 164 valence electrons. The van der Waals surface area contributed by atoms with Gasteiger partial charge in [0.25, 0.3) is 10.0 Å². The van der Waals surface area contributed by atoms with Crippen molar-refractivity contribution in [1.82, 2.24) is 9.29 Å². The Morgan fingerprint density at radius 1 is 1.03 bits per heavy atom. The number of halogens is 1. The van der Waals surface area contributed by atoms with Gasteiger partial charge in [-0.25, -0.2) is 25.2 Å². The molecular weight excluding hydrogens is 441 g/mol. The second-order valence-corrected chi connectivity index (χ2v) is 11.2. The molecule has 31 heavy (non-hydrogen) atoms. The molecular formula is C21H22FN3O4S2. The smallest absolute Gasteiger partial charge is 0.268 e. The average molecular weight is 464 g/mol. The highest BCUT2D eigenvalue weighted by Gasteiger charge is 2.36. The van der Waals surface area contributed by atoms with Gasteiger partial charge in [-0.2, -0.15) is 0 Å². The molecule has 7 nitrogen and oxygen atoms in total. The summed E-state index contributed by atoms with van der Waals surface area (Å²) in [5.41, 5.74) is 1.17. The van der Waals surface area contributed by atoms with Crippen LogP contribution in [-0.2, 0) is 26.6 Å². The van der Waals surface area contributed by atoms with E-state index in [1.54, 1.807) is 19.2 Å². The van der Waals surface area contributed by atoms with Gasteiger partial charge >= 0.3 is 0 Å². The Morgan fingerprint density at radius 2 is 1.77 bits per heavy atom. The summed E-state index contributed by atoms with van der Waals surface area (Å²) in [4.78, 5) is -0.104. The monoisotopic (exact) mass is 463 g/mol. The molecule has 1 aromatic heterocycles. The standard InChI is InChI=1S/C21H22FN3O4S2/c1-23-13-15-11-21(19-7-2-3-8-20(19)22)25(14-15)31(28,29)18-6-4-5-16(12-18)24-30(26,27)17-9-10-17/h2-8,11-12,14,17,23-24H,9-10,13H2,1H3. The number of hydrogen-bond donors (Lipinski definition) is 2. The summed E-state index contributed by atoms with van der Waals surface area (Å²) in [7, 11) is -5.94. The minimum atomic E-state index is -4.13. The van der Waals surface area contributed by atoms with Crippen LogP contribution >= 0.6 is 0 Å². The summed E-state index contributed by atoms with van der Waals surface area (Å²) in [6, 6.07) is 13.2. The summed E-state index contributed by atoms with van der Waals surface area (Å²) in [5, 5.41) is 2.52. The topological polar surface area (TPSA) is 97.3 Å². The zero-order valence-corrected chi connectivity index (χ0v) is 18.4. The van der Waals surface area contributed by atoms with Crippen molar-refractivity contribution in [3.8, 4) is 11.3 Å². The van der Waals surface area contributed by atoms with Crippen LogP contribution in [0.3, 0.4) is 0 Å². The second kappa shape index (κ2) is 8.10. The number of nitrogens with zero attached hydrogens (tertiary/aromatic N) is 1. The van der Waals surface area contributed by atoms with Crippen LogP contribution in [0, 0.1) is 5.82 Å². The summed E-state index contributed by atoms with van der Waals surface area (Å²) in [6.45, 7) is 0.394. The third kappa shape index (κ3) is 4.36. The lowest BCUT2D eigenvalue weighted by Gasteiger charge is -2.13. The highest BCUT2D eigenvalue weighted by molar-refractivity contribution is 7.93. The summed E-state index contributed by atoms with van der Waals surface area (Å²) < 4.78 is 69.3. The van der Waals surface area contributed by atoms with E-state index in [0.717, 1.165) is 3.97 Å². The van der Waals surface area contributed by atoms with Crippen molar-refractivity contribution < 1.29 is 21.2 Å². The van der Waals surface area contributed by atoms with Crippen molar-refractivity contribution in [3.63, 3.8) is 0 Å². The fourth-order valence-electron chi connectivity index (χ4n) is 3.32. The molecule has 0 spiro atoms. The Bertz CT molecular complexity index is 1330. The van der Waals surface area contributed by atoms with Gasteiger partial charge in [-0.15, -0.1) is 0 Å². The van der Waals surface area contributed by atoms with E-state index in [0.29, 0.717) is 24.9 Å². The maximum absolute atomic E-state index is 14.5. The van der Waals surface area contributed by atoms with Crippen LogP contribution in [0.1, 0.15) is 18.4 Å². The predicted molar refractivity (Wildman–Crippen MR) is 117 cm³/mol. The second-order valence-electron chi connectivity index (χ2n) is 7.42. The Morgan fingerprint density at radius 3 is 2.45 bits per heavy atom. The average Bonchev–Trinajstić information content (AvgIpc) is 3.50. The minimum absolute atomic E-state index is 0.104. The van der Waals surface area contributed by atoms with Crippen LogP contribution in [0.4, 0.5) is 10.1 Å². The molecule has 0 unspecified atom stereocenters. The predicted octanol–water partition coefficient (Wildman–Crippen LogP) is 3.15. The van der Waals surface area contributed by atoms with Gasteiger partial charge in [0.15, 0.2) is 0 Å². The largest absolute Gasteiger partial charge is 0.316 e. The zero-order chi connectivity index (χ0) is 22.2. The lowest BCUT2D eigenvalue weighted by atomic mass is 10.1. The van der Waals surface area contributed by atoms with Crippen LogP contribution in [0.25, 0.3) is 11.3 Å². The van der Waals surface area contributed by atoms with Crippen molar-refractivity contribution in [2.45, 2.75) is 29.5 Å². The molecule has 0 amide bonds. The lowest BCUT2D eigenvalue weighted by Crippen LogP contribution is -2.18. The molecule has 1 aliphatic rings. The van der Waals surface area contributed by atoms with E-state index in [2.05, 4.69) is 10.0 Å². The molecule has 1 fully saturated rings. The highest BCUT2D eigenvalue weighted by Crippen LogP contribution is 2.32. The van der Waals surface area contributed by atoms with Gasteiger partial charge in [-0.05, 0) is 61.9 Å². The van der Waals surface area contributed by atoms with E-state index in [9.17, 15) is 21.2 Å². The maximum Gasteiger partial charge on any atom is 0.268 e. The third-order valence-electron chi connectivity index (χ3n) is 4.99. The molecule has 0 saturated heterocycles. The van der Waals surface area contributed by atoms with Gasteiger partial charge in [0, 0.05) is 24.0 Å².